The number of hydrogen-bond donors (Lipinski definition) is 4. The lowest BCUT2D eigenvalue weighted by molar-refractivity contribution is 0.596. The van der Waals surface area contributed by atoms with Gasteiger partial charge in [-0.25, -0.2) is 12.6 Å². The summed E-state index contributed by atoms with van der Waals surface area (Å²) in [7, 11) is -4.72. The maximum Gasteiger partial charge on any atom is 0.206 e. The van der Waals surface area contributed by atoms with Gasteiger partial charge < -0.3 is 22.9 Å². The molecular formula is C24H24N4O3S2. The van der Waals surface area contributed by atoms with Crippen LogP contribution in [0, 0.1) is 0 Å². The van der Waals surface area contributed by atoms with Gasteiger partial charge in [0, 0.05) is 32.5 Å². The van der Waals surface area contributed by atoms with E-state index < -0.39 is 20.6 Å². The zero-order valence-corrected chi connectivity index (χ0v) is 19.2. The van der Waals surface area contributed by atoms with Crippen LogP contribution in [0.25, 0.3) is 0 Å². The highest BCUT2D eigenvalue weighted by Gasteiger charge is 2.17. The second kappa shape index (κ2) is 10.2. The van der Waals surface area contributed by atoms with Crippen LogP contribution in [0.5, 0.6) is 0 Å². The van der Waals surface area contributed by atoms with Crippen LogP contribution in [0.4, 0.5) is 22.7 Å². The first-order valence-corrected chi connectivity index (χ1v) is 12.4. The Morgan fingerprint density at radius 2 is 0.879 bits per heavy atom. The van der Waals surface area contributed by atoms with Gasteiger partial charge in [-0.05, 0) is 84.9 Å². The molecule has 9 heteroatoms. The summed E-state index contributed by atoms with van der Waals surface area (Å²) in [6.45, 7) is 0. The van der Waals surface area contributed by atoms with E-state index in [1.807, 2.05) is 0 Å². The minimum Gasteiger partial charge on any atom is -0.399 e. The van der Waals surface area contributed by atoms with Gasteiger partial charge in [-0.15, -0.1) is 0 Å². The number of sulfone groups is 1. The number of hydrogen-bond acceptors (Lipinski definition) is 7. The minimum absolute atomic E-state index is 0.170. The van der Waals surface area contributed by atoms with E-state index in [0.717, 1.165) is 9.79 Å². The third kappa shape index (κ3) is 6.12. The van der Waals surface area contributed by atoms with Crippen molar-refractivity contribution in [1.29, 1.82) is 0 Å². The van der Waals surface area contributed by atoms with Gasteiger partial charge >= 0.3 is 0 Å². The molecule has 0 unspecified atom stereocenters. The quantitative estimate of drug-likeness (QED) is 0.324. The third-order valence-electron chi connectivity index (χ3n) is 4.53. The summed E-state index contributed by atoms with van der Waals surface area (Å²) in [5.41, 5.74) is 24.4. The Hall–Kier alpha value is -3.82. The molecule has 0 saturated carbocycles. The summed E-state index contributed by atoms with van der Waals surface area (Å²) in [4.78, 5) is 1.81. The van der Waals surface area contributed by atoms with Gasteiger partial charge in [-0.2, -0.15) is 0 Å². The molecule has 0 aliphatic rings. The van der Waals surface area contributed by atoms with Gasteiger partial charge in [0.15, 0.2) is 0 Å². The van der Waals surface area contributed by atoms with Crippen molar-refractivity contribution >= 4 is 43.4 Å². The molecule has 0 amide bonds. The maximum absolute atomic E-state index is 12.2. The minimum atomic E-state index is -3.54. The lowest BCUT2D eigenvalue weighted by Crippen LogP contribution is -2.03. The molecule has 0 aliphatic heterocycles. The van der Waals surface area contributed by atoms with Gasteiger partial charge in [-0.3, -0.25) is 0 Å². The Morgan fingerprint density at radius 1 is 0.515 bits per heavy atom. The fraction of sp³-hybridized carbons (Fsp3) is 0. The molecule has 7 nitrogen and oxygen atoms in total. The Kier molecular flexibility index (Phi) is 7.37. The van der Waals surface area contributed by atoms with E-state index in [4.69, 9.17) is 22.9 Å². The van der Waals surface area contributed by atoms with Crippen molar-refractivity contribution in [3.63, 3.8) is 0 Å². The standard InChI is InChI=1S/C12H12N2O2S.C12H12N2OS/c13-9-3-1-5-11(7-9)17(15,16)12-6-2-4-10(14)8-12;13-9-1-5-11(6-2-9)16(15)12-7-3-10(14)4-8-12/h1-8H,13-14H2;1-8H,13-14H2. The van der Waals surface area contributed by atoms with Gasteiger partial charge in [-0.1, -0.05) is 12.1 Å². The maximum atomic E-state index is 12.2. The molecule has 0 fully saturated rings. The molecule has 0 radical (unpaired) electrons. The number of nitrogen functional groups attached to an aromatic ring is 4. The van der Waals surface area contributed by atoms with E-state index in [1.54, 1.807) is 72.8 Å². The predicted octanol–water partition coefficient (Wildman–Crippen LogP) is 3.70. The summed E-state index contributed by atoms with van der Waals surface area (Å²) in [6.07, 6.45) is 0. The summed E-state index contributed by atoms with van der Waals surface area (Å²) in [6, 6.07) is 26.4. The van der Waals surface area contributed by atoms with Crippen LogP contribution in [0.3, 0.4) is 0 Å². The van der Waals surface area contributed by atoms with Crippen LogP contribution in [0.15, 0.2) is 117 Å². The second-order valence-corrected chi connectivity index (χ2v) is 10.5. The molecule has 0 saturated heterocycles. The highest BCUT2D eigenvalue weighted by Crippen LogP contribution is 2.23. The van der Waals surface area contributed by atoms with Crippen molar-refractivity contribution in [2.24, 2.45) is 0 Å². The molecule has 4 aromatic carbocycles. The molecular weight excluding hydrogens is 456 g/mol. The van der Waals surface area contributed by atoms with Crippen molar-refractivity contribution in [2.45, 2.75) is 19.6 Å². The molecule has 0 aliphatic carbocycles. The smallest absolute Gasteiger partial charge is 0.206 e. The van der Waals surface area contributed by atoms with Crippen molar-refractivity contribution in [1.82, 2.24) is 0 Å². The van der Waals surface area contributed by atoms with Gasteiger partial charge in [0.25, 0.3) is 0 Å². The fourth-order valence-electron chi connectivity index (χ4n) is 2.82. The number of nitrogens with two attached hydrogens (primary N) is 4. The van der Waals surface area contributed by atoms with Crippen LogP contribution in [0.2, 0.25) is 0 Å². The van der Waals surface area contributed by atoms with E-state index in [1.165, 1.54) is 24.3 Å². The monoisotopic (exact) mass is 480 g/mol. The lowest BCUT2D eigenvalue weighted by Gasteiger charge is -2.05. The Bertz CT molecular complexity index is 1270. The first-order chi connectivity index (χ1) is 15.7. The van der Waals surface area contributed by atoms with Crippen molar-refractivity contribution in [3.8, 4) is 0 Å². The highest BCUT2D eigenvalue weighted by atomic mass is 32.2. The van der Waals surface area contributed by atoms with Crippen LogP contribution in [-0.4, -0.2) is 12.6 Å². The normalized spacial score (nSPS) is 10.9. The zero-order valence-electron chi connectivity index (χ0n) is 17.6. The number of rotatable bonds is 4. The SMILES string of the molecule is Nc1ccc(S(=O)c2ccc(N)cc2)cc1.Nc1cccc(S(=O)(=O)c2cccc(N)c2)c1. The first-order valence-electron chi connectivity index (χ1n) is 9.76. The Balaban J connectivity index is 0.000000186. The fourth-order valence-corrected chi connectivity index (χ4v) is 5.23. The van der Waals surface area contributed by atoms with E-state index in [2.05, 4.69) is 0 Å². The average Bonchev–Trinajstić information content (AvgIpc) is 2.80. The molecule has 0 aromatic heterocycles. The molecule has 8 N–H and O–H groups in total. The summed E-state index contributed by atoms with van der Waals surface area (Å²) < 4.78 is 36.6. The molecule has 0 heterocycles. The summed E-state index contributed by atoms with van der Waals surface area (Å²) in [5, 5.41) is 0. The molecule has 170 valence electrons. The number of anilines is 4. The molecule has 0 bridgehead atoms. The topological polar surface area (TPSA) is 155 Å². The third-order valence-corrected chi connectivity index (χ3v) is 7.67. The second-order valence-electron chi connectivity index (χ2n) is 7.06. The van der Waals surface area contributed by atoms with Gasteiger partial charge in [0.1, 0.15) is 0 Å². The highest BCUT2D eigenvalue weighted by molar-refractivity contribution is 7.91. The first kappa shape index (κ1) is 23.8. The van der Waals surface area contributed by atoms with Gasteiger partial charge in [0.05, 0.1) is 20.6 Å². The average molecular weight is 481 g/mol. The molecule has 33 heavy (non-hydrogen) atoms. The predicted molar refractivity (Wildman–Crippen MR) is 134 cm³/mol. The van der Waals surface area contributed by atoms with E-state index in [-0.39, 0.29) is 9.79 Å². The Labute approximate surface area is 195 Å². The van der Waals surface area contributed by atoms with Gasteiger partial charge in [0.2, 0.25) is 9.84 Å². The van der Waals surface area contributed by atoms with Crippen LogP contribution >= 0.6 is 0 Å². The molecule has 0 spiro atoms. The molecule has 0 atom stereocenters. The number of benzene rings is 4. The lowest BCUT2D eigenvalue weighted by atomic mass is 10.3. The van der Waals surface area contributed by atoms with Crippen molar-refractivity contribution in [3.05, 3.63) is 97.1 Å². The molecule has 4 rings (SSSR count). The van der Waals surface area contributed by atoms with Crippen LogP contribution in [-0.2, 0) is 20.6 Å². The summed E-state index contributed by atoms with van der Waals surface area (Å²) >= 11 is 0. The largest absolute Gasteiger partial charge is 0.399 e. The van der Waals surface area contributed by atoms with Crippen molar-refractivity contribution < 1.29 is 12.6 Å². The van der Waals surface area contributed by atoms with E-state index in [9.17, 15) is 12.6 Å². The Morgan fingerprint density at radius 3 is 1.21 bits per heavy atom. The van der Waals surface area contributed by atoms with E-state index >= 15 is 0 Å². The van der Waals surface area contributed by atoms with Crippen molar-refractivity contribution in [2.75, 3.05) is 22.9 Å². The van der Waals surface area contributed by atoms with Crippen LogP contribution in [0.1, 0.15) is 0 Å². The van der Waals surface area contributed by atoms with E-state index in [0.29, 0.717) is 22.7 Å². The zero-order chi connectivity index (χ0) is 24.0. The summed E-state index contributed by atoms with van der Waals surface area (Å²) in [5.74, 6) is 0. The molecule has 4 aromatic rings. The van der Waals surface area contributed by atoms with Crippen LogP contribution < -0.4 is 22.9 Å².